The molecule has 0 unspecified atom stereocenters. The van der Waals surface area contributed by atoms with Crippen LogP contribution in [-0.4, -0.2) is 32.8 Å². The van der Waals surface area contributed by atoms with Gasteiger partial charge in [0.05, 0.1) is 17.7 Å². The van der Waals surface area contributed by atoms with Gasteiger partial charge in [0, 0.05) is 5.02 Å². The summed E-state index contributed by atoms with van der Waals surface area (Å²) in [7, 11) is -3.71. The molecule has 0 fully saturated rings. The molecule has 166 valence electrons. The largest absolute Gasteiger partial charge is 0.457 e. The van der Waals surface area contributed by atoms with Gasteiger partial charge >= 0.3 is 0 Å². The van der Waals surface area contributed by atoms with Crippen LogP contribution in [0.3, 0.4) is 0 Å². The van der Waals surface area contributed by atoms with Crippen LogP contribution < -0.4 is 14.5 Å². The van der Waals surface area contributed by atoms with Gasteiger partial charge in [-0.1, -0.05) is 41.9 Å². The first-order valence-electron chi connectivity index (χ1n) is 9.62. The Kier molecular flexibility index (Phi) is 7.50. The minimum Gasteiger partial charge on any atom is -0.457 e. The van der Waals surface area contributed by atoms with Crippen LogP contribution in [0.5, 0.6) is 11.5 Å². The van der Waals surface area contributed by atoms with Gasteiger partial charge in [0.25, 0.3) is 5.91 Å². The molecule has 3 aromatic carbocycles. The first-order chi connectivity index (χ1) is 15.2. The first kappa shape index (κ1) is 23.3. The Balaban J connectivity index is 1.69. The fourth-order valence-electron chi connectivity index (χ4n) is 2.77. The number of carbonyl (C=O) groups is 1. The van der Waals surface area contributed by atoms with Crippen molar-refractivity contribution in [3.8, 4) is 11.5 Å². The molecule has 1 amide bonds. The van der Waals surface area contributed by atoms with Crippen LogP contribution in [0.1, 0.15) is 12.5 Å². The molecule has 0 bridgehead atoms. The zero-order valence-corrected chi connectivity index (χ0v) is 19.1. The number of carbonyl (C=O) groups excluding carboxylic acids is 1. The summed E-state index contributed by atoms with van der Waals surface area (Å²) in [6, 6.07) is 22.6. The van der Waals surface area contributed by atoms with Gasteiger partial charge in [0.15, 0.2) is 0 Å². The van der Waals surface area contributed by atoms with E-state index in [4.69, 9.17) is 16.3 Å². The number of nitrogens with one attached hydrogen (secondary N) is 1. The monoisotopic (exact) mass is 471 g/mol. The summed E-state index contributed by atoms with van der Waals surface area (Å²) in [5.74, 6) is 0.628. The third-order valence-electron chi connectivity index (χ3n) is 4.40. The third-order valence-corrected chi connectivity index (χ3v) is 5.79. The van der Waals surface area contributed by atoms with Crippen LogP contribution in [0.15, 0.2) is 84.0 Å². The van der Waals surface area contributed by atoms with E-state index in [0.717, 1.165) is 16.1 Å². The second-order valence-corrected chi connectivity index (χ2v) is 9.26. The number of hydrogen-bond donors (Lipinski definition) is 1. The number of rotatable bonds is 8. The van der Waals surface area contributed by atoms with E-state index in [1.54, 1.807) is 55.5 Å². The van der Waals surface area contributed by atoms with Crippen molar-refractivity contribution >= 4 is 38.9 Å². The van der Waals surface area contributed by atoms with E-state index < -0.39 is 22.5 Å². The van der Waals surface area contributed by atoms with Crippen molar-refractivity contribution in [2.24, 2.45) is 5.10 Å². The molecule has 0 spiro atoms. The zero-order valence-electron chi connectivity index (χ0n) is 17.5. The molecule has 7 nitrogen and oxygen atoms in total. The Morgan fingerprint density at radius 1 is 0.969 bits per heavy atom. The lowest BCUT2D eigenvalue weighted by Gasteiger charge is -2.21. The summed E-state index contributed by atoms with van der Waals surface area (Å²) in [6.45, 7) is 1.30. The molecule has 9 heteroatoms. The van der Waals surface area contributed by atoms with Crippen molar-refractivity contribution in [3.05, 3.63) is 89.4 Å². The van der Waals surface area contributed by atoms with E-state index in [-0.39, 0.29) is 0 Å². The predicted octanol–water partition coefficient (Wildman–Crippen LogP) is 4.44. The van der Waals surface area contributed by atoms with Gasteiger partial charge in [-0.3, -0.25) is 9.10 Å². The summed E-state index contributed by atoms with van der Waals surface area (Å²) < 4.78 is 31.3. The third kappa shape index (κ3) is 6.57. The molecule has 0 saturated carbocycles. The van der Waals surface area contributed by atoms with Crippen LogP contribution >= 0.6 is 11.6 Å². The molecule has 0 atom stereocenters. The summed E-state index contributed by atoms with van der Waals surface area (Å²) in [5, 5.41) is 4.64. The van der Waals surface area contributed by atoms with Crippen molar-refractivity contribution in [1.82, 2.24) is 5.43 Å². The second kappa shape index (κ2) is 10.3. The molecule has 0 aliphatic heterocycles. The van der Waals surface area contributed by atoms with E-state index in [1.165, 1.54) is 0 Å². The Hall–Kier alpha value is -3.36. The highest BCUT2D eigenvalue weighted by atomic mass is 35.5. The highest BCUT2D eigenvalue weighted by molar-refractivity contribution is 7.92. The van der Waals surface area contributed by atoms with Gasteiger partial charge in [0.2, 0.25) is 10.0 Å². The molecule has 0 radical (unpaired) electrons. The Labute approximate surface area is 192 Å². The molecule has 0 aliphatic rings. The predicted molar refractivity (Wildman–Crippen MR) is 127 cm³/mol. The number of nitrogens with zero attached hydrogens (tertiary/aromatic N) is 2. The molecule has 1 N–H and O–H groups in total. The van der Waals surface area contributed by atoms with Crippen LogP contribution in [0.25, 0.3) is 0 Å². The first-order valence-corrected chi connectivity index (χ1v) is 11.8. The van der Waals surface area contributed by atoms with Gasteiger partial charge in [-0.25, -0.2) is 13.8 Å². The fourth-order valence-corrected chi connectivity index (χ4v) is 3.76. The fraction of sp³-hybridized carbons (Fsp3) is 0.130. The van der Waals surface area contributed by atoms with Crippen molar-refractivity contribution in [3.63, 3.8) is 0 Å². The number of amides is 1. The number of halogens is 1. The quantitative estimate of drug-likeness (QED) is 0.388. The molecule has 0 heterocycles. The maximum absolute atomic E-state index is 12.4. The molecule has 0 saturated heterocycles. The van der Waals surface area contributed by atoms with E-state index >= 15 is 0 Å². The van der Waals surface area contributed by atoms with Crippen LogP contribution in [-0.2, 0) is 14.8 Å². The minimum absolute atomic E-state index is 0.335. The highest BCUT2D eigenvalue weighted by Crippen LogP contribution is 2.25. The smallest absolute Gasteiger partial charge is 0.260 e. The minimum atomic E-state index is -3.71. The number of ether oxygens (including phenoxy) is 1. The Bertz CT molecular complexity index is 1200. The summed E-state index contributed by atoms with van der Waals surface area (Å²) in [4.78, 5) is 12.4. The number of hydrogen-bond acceptors (Lipinski definition) is 5. The van der Waals surface area contributed by atoms with Gasteiger partial charge in [-0.2, -0.15) is 5.10 Å². The normalized spacial score (nSPS) is 11.7. The number of benzene rings is 3. The molecule has 0 aromatic heterocycles. The lowest BCUT2D eigenvalue weighted by atomic mass is 10.1. The van der Waals surface area contributed by atoms with Gasteiger partial charge in [0.1, 0.15) is 18.0 Å². The average Bonchev–Trinajstić information content (AvgIpc) is 2.77. The van der Waals surface area contributed by atoms with E-state index in [0.29, 0.717) is 27.9 Å². The standard InChI is InChI=1S/C23H22ClN3O4S/c1-17(18-8-10-19(24)11-9-18)25-26-23(28)16-27(32(2,29)30)20-12-14-22(15-13-20)31-21-6-4-3-5-7-21/h3-15H,16H2,1-2H3,(H,26,28)/b25-17-. The van der Waals surface area contributed by atoms with Crippen LogP contribution in [0.4, 0.5) is 5.69 Å². The maximum atomic E-state index is 12.4. The number of anilines is 1. The van der Waals surface area contributed by atoms with Crippen molar-refractivity contribution in [1.29, 1.82) is 0 Å². The summed E-state index contributed by atoms with van der Waals surface area (Å²) in [5.41, 5.74) is 4.07. The van der Waals surface area contributed by atoms with Gasteiger partial charge < -0.3 is 4.74 Å². The van der Waals surface area contributed by atoms with Crippen molar-refractivity contribution in [2.75, 3.05) is 17.1 Å². The van der Waals surface area contributed by atoms with Crippen molar-refractivity contribution in [2.45, 2.75) is 6.92 Å². The molecule has 0 aliphatic carbocycles. The highest BCUT2D eigenvalue weighted by Gasteiger charge is 2.21. The summed E-state index contributed by atoms with van der Waals surface area (Å²) >= 11 is 5.87. The van der Waals surface area contributed by atoms with E-state index in [9.17, 15) is 13.2 Å². The molecular formula is C23H22ClN3O4S. The average molecular weight is 472 g/mol. The van der Waals surface area contributed by atoms with Crippen LogP contribution in [0, 0.1) is 0 Å². The number of hydrazone groups is 1. The maximum Gasteiger partial charge on any atom is 0.260 e. The Morgan fingerprint density at radius 2 is 1.56 bits per heavy atom. The molecular weight excluding hydrogens is 450 g/mol. The molecule has 3 aromatic rings. The topological polar surface area (TPSA) is 88.1 Å². The van der Waals surface area contributed by atoms with Gasteiger partial charge in [-0.15, -0.1) is 0 Å². The zero-order chi connectivity index (χ0) is 23.1. The lowest BCUT2D eigenvalue weighted by Crippen LogP contribution is -2.39. The number of sulfonamides is 1. The lowest BCUT2D eigenvalue weighted by molar-refractivity contribution is -0.119. The van der Waals surface area contributed by atoms with E-state index in [2.05, 4.69) is 10.5 Å². The SMILES string of the molecule is C/C(=N/NC(=O)CN(c1ccc(Oc2ccccc2)cc1)S(C)(=O)=O)c1ccc(Cl)cc1. The molecule has 3 rings (SSSR count). The molecule has 32 heavy (non-hydrogen) atoms. The van der Waals surface area contributed by atoms with E-state index in [1.807, 2.05) is 30.3 Å². The number of para-hydroxylation sites is 1. The van der Waals surface area contributed by atoms with Crippen LogP contribution in [0.2, 0.25) is 5.02 Å². The second-order valence-electron chi connectivity index (χ2n) is 6.92. The van der Waals surface area contributed by atoms with Crippen molar-refractivity contribution < 1.29 is 17.9 Å². The Morgan fingerprint density at radius 3 is 2.16 bits per heavy atom. The summed E-state index contributed by atoms with van der Waals surface area (Å²) in [6.07, 6.45) is 1.04. The van der Waals surface area contributed by atoms with Gasteiger partial charge in [-0.05, 0) is 61.0 Å².